The number of carboxylic acid groups (broad SMARTS) is 1. The van der Waals surface area contributed by atoms with Gasteiger partial charge in [0.1, 0.15) is 6.04 Å². The minimum atomic E-state index is -1.01. The van der Waals surface area contributed by atoms with Gasteiger partial charge in [-0.15, -0.1) is 0 Å². The van der Waals surface area contributed by atoms with Crippen molar-refractivity contribution in [3.8, 4) is 0 Å². The number of nitrogens with one attached hydrogen (secondary N) is 3. The normalized spacial score (nSPS) is 11.7. The Hall–Kier alpha value is -1.67. The Morgan fingerprint density at radius 3 is 2.53 bits per heavy atom. The van der Waals surface area contributed by atoms with Gasteiger partial charge < -0.3 is 15.2 Å². The van der Waals surface area contributed by atoms with Crippen LogP contribution in [0.5, 0.6) is 0 Å². The number of hydrogen-bond donors (Lipinski definition) is 4. The lowest BCUT2D eigenvalue weighted by atomic mass is 10.2. The van der Waals surface area contributed by atoms with E-state index >= 15 is 0 Å². The van der Waals surface area contributed by atoms with Gasteiger partial charge in [0.05, 0.1) is 13.2 Å². The second-order valence-corrected chi connectivity index (χ2v) is 3.86. The van der Waals surface area contributed by atoms with Gasteiger partial charge in [-0.25, -0.2) is 4.79 Å². The molecule has 0 aliphatic carbocycles. The first-order chi connectivity index (χ1) is 9.01. The van der Waals surface area contributed by atoms with E-state index in [0.29, 0.717) is 19.4 Å². The van der Waals surface area contributed by atoms with Crippen molar-refractivity contribution >= 4 is 17.9 Å². The molecule has 0 spiro atoms. The quantitative estimate of drug-likeness (QED) is 0.413. The number of carbonyl (C=O) groups excluding carboxylic acids is 2. The number of carboxylic acids is 1. The van der Waals surface area contributed by atoms with E-state index < -0.39 is 23.9 Å². The van der Waals surface area contributed by atoms with E-state index in [0.717, 1.165) is 0 Å². The number of carbonyl (C=O) groups is 3. The molecule has 1 unspecified atom stereocenters. The van der Waals surface area contributed by atoms with E-state index in [4.69, 9.17) is 9.84 Å². The van der Waals surface area contributed by atoms with E-state index in [9.17, 15) is 14.4 Å². The predicted octanol–water partition coefficient (Wildman–Crippen LogP) is -0.698. The van der Waals surface area contributed by atoms with Crippen molar-refractivity contribution < 1.29 is 24.2 Å². The van der Waals surface area contributed by atoms with Crippen molar-refractivity contribution in [1.82, 2.24) is 16.0 Å². The monoisotopic (exact) mass is 275 g/mol. The van der Waals surface area contributed by atoms with E-state index in [1.165, 1.54) is 7.11 Å². The Morgan fingerprint density at radius 2 is 2.00 bits per heavy atom. The maximum Gasteiger partial charge on any atom is 0.321 e. The first-order valence-electron chi connectivity index (χ1n) is 6.04. The molecular weight excluding hydrogens is 254 g/mol. The zero-order chi connectivity index (χ0) is 14.7. The summed E-state index contributed by atoms with van der Waals surface area (Å²) in [4.78, 5) is 33.4. The van der Waals surface area contributed by atoms with Gasteiger partial charge in [0.25, 0.3) is 0 Å². The Labute approximate surface area is 111 Å². The Morgan fingerprint density at radius 1 is 1.32 bits per heavy atom. The SMILES string of the molecule is CCCC(NCC(=O)NC(=O)NCCOC)C(=O)O. The molecule has 0 rings (SSSR count). The molecule has 0 aromatic heterocycles. The van der Waals surface area contributed by atoms with Crippen molar-refractivity contribution in [2.45, 2.75) is 25.8 Å². The third-order valence-corrected chi connectivity index (χ3v) is 2.23. The van der Waals surface area contributed by atoms with E-state index in [-0.39, 0.29) is 13.1 Å². The van der Waals surface area contributed by atoms with Crippen molar-refractivity contribution in [3.63, 3.8) is 0 Å². The largest absolute Gasteiger partial charge is 0.480 e. The molecule has 0 fully saturated rings. The van der Waals surface area contributed by atoms with E-state index in [1.54, 1.807) is 0 Å². The van der Waals surface area contributed by atoms with Crippen LogP contribution in [0.1, 0.15) is 19.8 Å². The highest BCUT2D eigenvalue weighted by atomic mass is 16.5. The lowest BCUT2D eigenvalue weighted by Gasteiger charge is -2.13. The summed E-state index contributed by atoms with van der Waals surface area (Å²) >= 11 is 0. The molecule has 0 aliphatic heterocycles. The number of hydrogen-bond acceptors (Lipinski definition) is 5. The average molecular weight is 275 g/mol. The molecule has 1 atom stereocenters. The second kappa shape index (κ2) is 10.3. The van der Waals surface area contributed by atoms with Gasteiger partial charge in [0, 0.05) is 13.7 Å². The second-order valence-electron chi connectivity index (χ2n) is 3.86. The number of rotatable bonds is 9. The molecule has 0 heterocycles. The summed E-state index contributed by atoms with van der Waals surface area (Å²) in [5.41, 5.74) is 0. The smallest absolute Gasteiger partial charge is 0.321 e. The summed E-state index contributed by atoms with van der Waals surface area (Å²) in [7, 11) is 1.49. The van der Waals surface area contributed by atoms with Crippen LogP contribution < -0.4 is 16.0 Å². The third kappa shape index (κ3) is 8.97. The first kappa shape index (κ1) is 17.3. The highest BCUT2D eigenvalue weighted by molar-refractivity contribution is 5.95. The molecule has 110 valence electrons. The van der Waals surface area contributed by atoms with E-state index in [1.807, 2.05) is 6.92 Å². The summed E-state index contributed by atoms with van der Waals surface area (Å²) in [5.74, 6) is -1.60. The van der Waals surface area contributed by atoms with Gasteiger partial charge in [0.15, 0.2) is 0 Å². The van der Waals surface area contributed by atoms with Gasteiger partial charge >= 0.3 is 12.0 Å². The lowest BCUT2D eigenvalue weighted by Crippen LogP contribution is -2.47. The summed E-state index contributed by atoms with van der Waals surface area (Å²) in [6.07, 6.45) is 1.10. The maximum atomic E-state index is 11.4. The summed E-state index contributed by atoms with van der Waals surface area (Å²) in [5, 5.41) is 15.9. The van der Waals surface area contributed by atoms with Crippen LogP contribution in [0.25, 0.3) is 0 Å². The van der Waals surface area contributed by atoms with Crippen LogP contribution in [-0.2, 0) is 14.3 Å². The van der Waals surface area contributed by atoms with Gasteiger partial charge in [-0.1, -0.05) is 13.3 Å². The number of urea groups is 1. The third-order valence-electron chi connectivity index (χ3n) is 2.23. The fraction of sp³-hybridized carbons (Fsp3) is 0.727. The first-order valence-corrected chi connectivity index (χ1v) is 6.04. The Balaban J connectivity index is 3.90. The molecule has 0 aromatic carbocycles. The van der Waals surface area contributed by atoms with Crippen molar-refractivity contribution in [1.29, 1.82) is 0 Å². The van der Waals surface area contributed by atoms with Crippen molar-refractivity contribution in [2.75, 3.05) is 26.8 Å². The minimum absolute atomic E-state index is 0.228. The van der Waals surface area contributed by atoms with Gasteiger partial charge in [-0.05, 0) is 6.42 Å². The Bertz CT molecular complexity index is 309. The maximum absolute atomic E-state index is 11.4. The van der Waals surface area contributed by atoms with E-state index in [2.05, 4.69) is 16.0 Å². The van der Waals surface area contributed by atoms with Crippen molar-refractivity contribution in [2.24, 2.45) is 0 Å². The molecule has 0 aromatic rings. The topological polar surface area (TPSA) is 117 Å². The molecule has 0 radical (unpaired) electrons. The number of amides is 3. The van der Waals surface area contributed by atoms with Gasteiger partial charge in [-0.3, -0.25) is 20.2 Å². The molecule has 3 amide bonds. The molecule has 0 saturated carbocycles. The minimum Gasteiger partial charge on any atom is -0.480 e. The van der Waals surface area contributed by atoms with Crippen LogP contribution >= 0.6 is 0 Å². The van der Waals surface area contributed by atoms with Crippen LogP contribution in [-0.4, -0.2) is 55.9 Å². The summed E-state index contributed by atoms with van der Waals surface area (Å²) in [6.45, 7) is 2.25. The summed E-state index contributed by atoms with van der Waals surface area (Å²) < 4.78 is 4.72. The molecule has 0 bridgehead atoms. The van der Waals surface area contributed by atoms with Crippen LogP contribution in [0, 0.1) is 0 Å². The Kier molecular flexibility index (Phi) is 9.37. The van der Waals surface area contributed by atoms with Crippen LogP contribution in [0.3, 0.4) is 0 Å². The lowest BCUT2D eigenvalue weighted by molar-refractivity contribution is -0.139. The predicted molar refractivity (Wildman–Crippen MR) is 67.8 cm³/mol. The molecule has 4 N–H and O–H groups in total. The molecule has 0 aliphatic rings. The van der Waals surface area contributed by atoms with Crippen LogP contribution in [0.4, 0.5) is 4.79 Å². The highest BCUT2D eigenvalue weighted by Crippen LogP contribution is 1.95. The fourth-order valence-electron chi connectivity index (χ4n) is 1.30. The number of imide groups is 1. The van der Waals surface area contributed by atoms with Crippen LogP contribution in [0.2, 0.25) is 0 Å². The zero-order valence-electron chi connectivity index (χ0n) is 11.2. The number of ether oxygens (including phenoxy) is 1. The van der Waals surface area contributed by atoms with Crippen molar-refractivity contribution in [3.05, 3.63) is 0 Å². The standard InChI is InChI=1S/C11H21N3O5/c1-3-4-8(10(16)17)13-7-9(15)14-11(18)12-5-6-19-2/h8,13H,3-7H2,1-2H3,(H,16,17)(H2,12,14,15,18). The zero-order valence-corrected chi connectivity index (χ0v) is 11.2. The number of aliphatic carboxylic acids is 1. The molecule has 19 heavy (non-hydrogen) atoms. The molecular formula is C11H21N3O5. The number of methoxy groups -OCH3 is 1. The highest BCUT2D eigenvalue weighted by Gasteiger charge is 2.17. The average Bonchev–Trinajstić information content (AvgIpc) is 2.34. The molecule has 8 heteroatoms. The molecule has 8 nitrogen and oxygen atoms in total. The van der Waals surface area contributed by atoms with Gasteiger partial charge in [0.2, 0.25) is 5.91 Å². The fourth-order valence-corrected chi connectivity index (χ4v) is 1.30. The van der Waals surface area contributed by atoms with Gasteiger partial charge in [-0.2, -0.15) is 0 Å². The summed E-state index contributed by atoms with van der Waals surface area (Å²) in [6, 6.07) is -1.42. The molecule has 0 saturated heterocycles. The van der Waals surface area contributed by atoms with Crippen LogP contribution in [0.15, 0.2) is 0 Å².